The van der Waals surface area contributed by atoms with E-state index in [1.165, 1.54) is 7.11 Å². The van der Waals surface area contributed by atoms with E-state index in [0.717, 1.165) is 22.3 Å². The number of carbonyl (C=O) groups is 1. The van der Waals surface area contributed by atoms with Crippen LogP contribution in [0.4, 0.5) is 0 Å². The lowest BCUT2D eigenvalue weighted by molar-refractivity contribution is -0.331. The summed E-state index contributed by atoms with van der Waals surface area (Å²) in [4.78, 5) is 16.7. The van der Waals surface area contributed by atoms with E-state index in [0.29, 0.717) is 25.5 Å². The van der Waals surface area contributed by atoms with Gasteiger partial charge in [0.25, 0.3) is 0 Å². The first-order valence-corrected chi connectivity index (χ1v) is 17.1. The van der Waals surface area contributed by atoms with Gasteiger partial charge < -0.3 is 33.2 Å². The number of methoxy groups -OCH3 is 1. The van der Waals surface area contributed by atoms with Gasteiger partial charge in [0, 0.05) is 0 Å². The molecule has 4 aromatic carbocycles. The molecule has 0 aliphatic carbocycles. The third kappa shape index (κ3) is 10.6. The van der Waals surface area contributed by atoms with Gasteiger partial charge in [-0.25, -0.2) is 9.78 Å². The van der Waals surface area contributed by atoms with Gasteiger partial charge in [0.05, 0.1) is 52.4 Å². The Morgan fingerprint density at radius 1 is 0.549 bits per heavy atom. The second-order valence-electron chi connectivity index (χ2n) is 12.1. The van der Waals surface area contributed by atoms with E-state index in [9.17, 15) is 4.79 Å². The molecule has 6 rings (SSSR count). The highest BCUT2D eigenvalue weighted by molar-refractivity contribution is 5.87. The number of hydrogen-bond acceptors (Lipinski definition) is 9. The molecule has 1 fully saturated rings. The Labute approximate surface area is 299 Å². The first-order chi connectivity index (χ1) is 25.2. The van der Waals surface area contributed by atoms with Gasteiger partial charge in [0.2, 0.25) is 0 Å². The Morgan fingerprint density at radius 2 is 1.04 bits per heavy atom. The molecule has 9 heteroatoms. The lowest BCUT2D eigenvalue weighted by Crippen LogP contribution is -2.61. The Bertz CT molecular complexity index is 1740. The molecule has 0 unspecified atom stereocenters. The van der Waals surface area contributed by atoms with Gasteiger partial charge in [-0.15, -0.1) is 0 Å². The molecular weight excluding hydrogens is 646 g/mol. The van der Waals surface area contributed by atoms with Crippen LogP contribution in [0, 0.1) is 0 Å². The van der Waals surface area contributed by atoms with Crippen molar-refractivity contribution < 1.29 is 38.0 Å². The highest BCUT2D eigenvalue weighted by Crippen LogP contribution is 2.32. The highest BCUT2D eigenvalue weighted by Gasteiger charge is 2.49. The van der Waals surface area contributed by atoms with Gasteiger partial charge in [0.1, 0.15) is 30.1 Å². The lowest BCUT2D eigenvalue weighted by atomic mass is 9.97. The normalized spacial score (nSPS) is 20.1. The zero-order valence-electron chi connectivity index (χ0n) is 28.6. The van der Waals surface area contributed by atoms with Crippen molar-refractivity contribution in [2.45, 2.75) is 63.7 Å². The summed E-state index contributed by atoms with van der Waals surface area (Å²) in [5.74, 6) is -0.529. The topological polar surface area (TPSA) is 94.6 Å². The number of benzene rings is 4. The van der Waals surface area contributed by atoms with E-state index in [1.54, 1.807) is 18.2 Å². The zero-order valence-corrected chi connectivity index (χ0v) is 28.6. The number of nitrogens with zero attached hydrogens (tertiary/aromatic N) is 1. The fourth-order valence-electron chi connectivity index (χ4n) is 5.83. The maximum Gasteiger partial charge on any atom is 0.356 e. The van der Waals surface area contributed by atoms with E-state index in [-0.39, 0.29) is 25.5 Å². The highest BCUT2D eigenvalue weighted by atomic mass is 16.7. The molecule has 264 valence electrons. The predicted octanol–water partition coefficient (Wildman–Crippen LogP) is 7.08. The molecular formula is C42H43NO8. The molecule has 1 saturated heterocycles. The molecule has 0 spiro atoms. The van der Waals surface area contributed by atoms with E-state index >= 15 is 0 Å². The maximum absolute atomic E-state index is 12.2. The van der Waals surface area contributed by atoms with E-state index < -0.39 is 36.7 Å². The van der Waals surface area contributed by atoms with Crippen LogP contribution < -0.4 is 0 Å². The summed E-state index contributed by atoms with van der Waals surface area (Å²) in [6.45, 7) is 1.58. The predicted molar refractivity (Wildman–Crippen MR) is 190 cm³/mol. The quantitative estimate of drug-likeness (QED) is 0.0950. The van der Waals surface area contributed by atoms with Crippen molar-refractivity contribution >= 4 is 5.97 Å². The van der Waals surface area contributed by atoms with Crippen molar-refractivity contribution in [3.8, 4) is 0 Å². The molecule has 0 N–H and O–H groups in total. The summed E-state index contributed by atoms with van der Waals surface area (Å²) in [7, 11) is 1.32. The fourth-order valence-corrected chi connectivity index (χ4v) is 5.83. The maximum atomic E-state index is 12.2. The molecule has 1 aromatic heterocycles. The lowest BCUT2D eigenvalue weighted by Gasteiger charge is -2.45. The second kappa shape index (κ2) is 19.0. The summed E-state index contributed by atoms with van der Waals surface area (Å²) in [5.41, 5.74) is 4.77. The Balaban J connectivity index is 1.31. The SMILES string of the molecule is COC(=O)c1cccc(CO[C@H]2O[C@H](COCc3ccccc3)[C@@H](OCc3ccccc3)[C@H](OCc3ccccc3)[C@H]2OCc2ccccc2)n1. The van der Waals surface area contributed by atoms with Gasteiger partial charge >= 0.3 is 5.97 Å². The monoisotopic (exact) mass is 689 g/mol. The van der Waals surface area contributed by atoms with Crippen LogP contribution in [-0.2, 0) is 66.2 Å². The first kappa shape index (κ1) is 36.1. The average Bonchev–Trinajstić information content (AvgIpc) is 3.19. The fraction of sp³-hybridized carbons (Fsp3) is 0.286. The Kier molecular flexibility index (Phi) is 13.5. The smallest absolute Gasteiger partial charge is 0.356 e. The van der Waals surface area contributed by atoms with E-state index in [1.807, 2.05) is 121 Å². The van der Waals surface area contributed by atoms with Crippen molar-refractivity contribution in [1.82, 2.24) is 4.98 Å². The zero-order chi connectivity index (χ0) is 35.1. The number of hydrogen-bond donors (Lipinski definition) is 0. The van der Waals surface area contributed by atoms with E-state index in [4.69, 9.17) is 33.2 Å². The average molecular weight is 690 g/mol. The molecule has 0 bridgehead atoms. The third-order valence-electron chi connectivity index (χ3n) is 8.44. The van der Waals surface area contributed by atoms with Crippen molar-refractivity contribution in [3.05, 3.63) is 173 Å². The minimum absolute atomic E-state index is 0.0409. The van der Waals surface area contributed by atoms with E-state index in [2.05, 4.69) is 4.98 Å². The largest absolute Gasteiger partial charge is 0.464 e. The molecule has 1 aliphatic rings. The van der Waals surface area contributed by atoms with Crippen molar-refractivity contribution in [1.29, 1.82) is 0 Å². The number of carbonyl (C=O) groups excluding carboxylic acids is 1. The summed E-state index contributed by atoms with van der Waals surface area (Å²) in [6, 6.07) is 45.0. The number of pyridine rings is 1. The minimum Gasteiger partial charge on any atom is -0.464 e. The van der Waals surface area contributed by atoms with Gasteiger partial charge in [0.15, 0.2) is 6.29 Å². The van der Waals surface area contributed by atoms with Crippen LogP contribution >= 0.6 is 0 Å². The number of esters is 1. The van der Waals surface area contributed by atoms with Crippen molar-refractivity contribution in [2.75, 3.05) is 13.7 Å². The van der Waals surface area contributed by atoms with Crippen LogP contribution in [0.3, 0.4) is 0 Å². The standard InChI is InChI=1S/C42H43NO8/c1-45-41(44)36-24-14-23-35(43-36)29-50-42-40(49-28-34-21-12-5-13-22-34)39(48-27-33-19-10-4-11-20-33)38(47-26-32-17-8-3-9-18-32)37(51-42)30-46-25-31-15-6-2-7-16-31/h2-24,37-40,42H,25-30H2,1H3/t37-,38-,39+,40-,42+/m1/s1. The molecule has 9 nitrogen and oxygen atoms in total. The van der Waals surface area contributed by atoms with Crippen LogP contribution in [0.2, 0.25) is 0 Å². The van der Waals surface area contributed by atoms with Crippen LogP contribution in [0.25, 0.3) is 0 Å². The number of ether oxygens (including phenoxy) is 7. The molecule has 51 heavy (non-hydrogen) atoms. The summed E-state index contributed by atoms with van der Waals surface area (Å²) >= 11 is 0. The summed E-state index contributed by atoms with van der Waals surface area (Å²) < 4.78 is 44.5. The van der Waals surface area contributed by atoms with Crippen LogP contribution in [0.15, 0.2) is 140 Å². The van der Waals surface area contributed by atoms with Gasteiger partial charge in [-0.05, 0) is 34.4 Å². The van der Waals surface area contributed by atoms with Crippen LogP contribution in [-0.4, -0.2) is 55.4 Å². The third-order valence-corrected chi connectivity index (χ3v) is 8.44. The van der Waals surface area contributed by atoms with Crippen molar-refractivity contribution in [3.63, 3.8) is 0 Å². The summed E-state index contributed by atoms with van der Waals surface area (Å²) in [6.07, 6.45) is -3.43. The number of aromatic nitrogens is 1. The van der Waals surface area contributed by atoms with Gasteiger partial charge in [-0.2, -0.15) is 0 Å². The Hall–Kier alpha value is -4.74. The van der Waals surface area contributed by atoms with Crippen LogP contribution in [0.1, 0.15) is 38.4 Å². The van der Waals surface area contributed by atoms with Gasteiger partial charge in [-0.1, -0.05) is 127 Å². The number of rotatable bonds is 17. The second-order valence-corrected chi connectivity index (χ2v) is 12.1. The molecule has 5 atom stereocenters. The first-order valence-electron chi connectivity index (χ1n) is 17.1. The molecule has 0 amide bonds. The molecule has 2 heterocycles. The molecule has 0 radical (unpaired) electrons. The Morgan fingerprint density at radius 3 is 1.57 bits per heavy atom. The summed E-state index contributed by atoms with van der Waals surface area (Å²) in [5, 5.41) is 0. The molecule has 5 aromatic rings. The minimum atomic E-state index is -0.903. The molecule has 1 aliphatic heterocycles. The molecule has 0 saturated carbocycles. The van der Waals surface area contributed by atoms with Crippen LogP contribution in [0.5, 0.6) is 0 Å². The van der Waals surface area contributed by atoms with Gasteiger partial charge in [-0.3, -0.25) is 0 Å². The van der Waals surface area contributed by atoms with Crippen molar-refractivity contribution in [2.24, 2.45) is 0 Å².